The molecule has 0 saturated carbocycles. The molecule has 8 nitrogen and oxygen atoms in total. The Morgan fingerprint density at radius 3 is 2.39 bits per heavy atom. The summed E-state index contributed by atoms with van der Waals surface area (Å²) >= 11 is 0. The lowest BCUT2D eigenvalue weighted by molar-refractivity contribution is 0.102. The molecule has 2 heterocycles. The number of benzene rings is 3. The van der Waals surface area contributed by atoms with Gasteiger partial charge in [0, 0.05) is 17.3 Å². The summed E-state index contributed by atoms with van der Waals surface area (Å²) in [5.41, 5.74) is 3.06. The monoisotopic (exact) mass is 478 g/mol. The summed E-state index contributed by atoms with van der Waals surface area (Å²) in [6.45, 7) is 2.07. The second kappa shape index (κ2) is 10.1. The second-order valence-corrected chi connectivity index (χ2v) is 7.99. The molecule has 1 N–H and O–H groups in total. The van der Waals surface area contributed by atoms with Crippen molar-refractivity contribution in [1.29, 1.82) is 0 Å². The first-order chi connectivity index (χ1) is 17.6. The molecule has 0 aliphatic heterocycles. The van der Waals surface area contributed by atoms with Gasteiger partial charge < -0.3 is 14.5 Å². The molecule has 178 valence electrons. The molecule has 0 aliphatic rings. The second-order valence-electron chi connectivity index (χ2n) is 7.99. The molecule has 0 saturated heterocycles. The van der Waals surface area contributed by atoms with Crippen LogP contribution in [0.2, 0.25) is 0 Å². The molecule has 0 fully saturated rings. The zero-order valence-electron chi connectivity index (χ0n) is 19.4. The van der Waals surface area contributed by atoms with E-state index in [1.807, 2.05) is 67.6 Å². The first-order valence-corrected chi connectivity index (χ1v) is 11.3. The van der Waals surface area contributed by atoms with Gasteiger partial charge in [0.15, 0.2) is 12.1 Å². The van der Waals surface area contributed by atoms with Gasteiger partial charge in [0.1, 0.15) is 23.8 Å². The minimum Gasteiger partial charge on any atom is -0.487 e. The van der Waals surface area contributed by atoms with Crippen LogP contribution in [-0.4, -0.2) is 27.0 Å². The van der Waals surface area contributed by atoms with Crippen molar-refractivity contribution in [3.05, 3.63) is 114 Å². The number of carbonyl (C=O) groups is 2. The SMILES string of the molecule is Cc1oc(-c2ccccc2)nc1COc1ccc(C(=O)Nc2nn(-c3ccccc3)cc2C=O)cc1. The zero-order chi connectivity index (χ0) is 24.9. The fourth-order valence-electron chi connectivity index (χ4n) is 3.58. The van der Waals surface area contributed by atoms with Crippen molar-refractivity contribution >= 4 is 18.0 Å². The molecule has 2 aromatic heterocycles. The number of hydrogen-bond acceptors (Lipinski definition) is 6. The van der Waals surface area contributed by atoms with E-state index < -0.39 is 0 Å². The highest BCUT2D eigenvalue weighted by molar-refractivity contribution is 6.05. The summed E-state index contributed by atoms with van der Waals surface area (Å²) in [7, 11) is 0. The molecule has 0 spiro atoms. The minimum absolute atomic E-state index is 0.190. The largest absolute Gasteiger partial charge is 0.487 e. The normalized spacial score (nSPS) is 10.7. The van der Waals surface area contributed by atoms with Gasteiger partial charge in [-0.25, -0.2) is 9.67 Å². The van der Waals surface area contributed by atoms with E-state index in [0.29, 0.717) is 34.9 Å². The third kappa shape index (κ3) is 4.92. The van der Waals surface area contributed by atoms with Gasteiger partial charge in [0.2, 0.25) is 5.89 Å². The summed E-state index contributed by atoms with van der Waals surface area (Å²) < 4.78 is 13.2. The molecular weight excluding hydrogens is 456 g/mol. The van der Waals surface area contributed by atoms with Crippen LogP contribution in [0.1, 0.15) is 32.2 Å². The first kappa shape index (κ1) is 22.8. The van der Waals surface area contributed by atoms with Crippen LogP contribution >= 0.6 is 0 Å². The van der Waals surface area contributed by atoms with Gasteiger partial charge >= 0.3 is 0 Å². The van der Waals surface area contributed by atoms with Crippen molar-refractivity contribution in [3.63, 3.8) is 0 Å². The van der Waals surface area contributed by atoms with Crippen molar-refractivity contribution in [1.82, 2.24) is 14.8 Å². The first-order valence-electron chi connectivity index (χ1n) is 11.3. The van der Waals surface area contributed by atoms with Crippen LogP contribution in [0, 0.1) is 6.92 Å². The van der Waals surface area contributed by atoms with Gasteiger partial charge in [-0.15, -0.1) is 5.10 Å². The molecule has 3 aromatic carbocycles. The summed E-state index contributed by atoms with van der Waals surface area (Å²) in [6, 6.07) is 25.7. The molecule has 0 aliphatic carbocycles. The maximum absolute atomic E-state index is 12.8. The molecule has 0 bridgehead atoms. The van der Waals surface area contributed by atoms with E-state index in [2.05, 4.69) is 15.4 Å². The summed E-state index contributed by atoms with van der Waals surface area (Å²) in [5.74, 6) is 1.61. The van der Waals surface area contributed by atoms with E-state index in [1.54, 1.807) is 35.1 Å². The number of aldehydes is 1. The number of para-hydroxylation sites is 1. The van der Waals surface area contributed by atoms with Gasteiger partial charge in [-0.2, -0.15) is 0 Å². The summed E-state index contributed by atoms with van der Waals surface area (Å²) in [4.78, 5) is 28.8. The highest BCUT2D eigenvalue weighted by Crippen LogP contribution is 2.23. The lowest BCUT2D eigenvalue weighted by atomic mass is 10.2. The fraction of sp³-hybridized carbons (Fsp3) is 0.0714. The van der Waals surface area contributed by atoms with Crippen molar-refractivity contribution < 1.29 is 18.7 Å². The van der Waals surface area contributed by atoms with Crippen molar-refractivity contribution in [2.45, 2.75) is 13.5 Å². The van der Waals surface area contributed by atoms with Gasteiger partial charge in [-0.05, 0) is 55.5 Å². The molecule has 0 atom stereocenters. The van der Waals surface area contributed by atoms with Gasteiger partial charge in [-0.1, -0.05) is 36.4 Å². The number of oxazole rings is 1. The van der Waals surface area contributed by atoms with Crippen LogP contribution in [-0.2, 0) is 6.61 Å². The number of hydrogen-bond donors (Lipinski definition) is 1. The molecular formula is C28H22N4O4. The Bertz CT molecular complexity index is 1490. The summed E-state index contributed by atoms with van der Waals surface area (Å²) in [5, 5.41) is 7.05. The van der Waals surface area contributed by atoms with Crippen LogP contribution in [0.25, 0.3) is 17.1 Å². The number of anilines is 1. The highest BCUT2D eigenvalue weighted by atomic mass is 16.5. The van der Waals surface area contributed by atoms with Crippen LogP contribution < -0.4 is 10.1 Å². The smallest absolute Gasteiger partial charge is 0.256 e. The summed E-state index contributed by atoms with van der Waals surface area (Å²) in [6.07, 6.45) is 2.23. The van der Waals surface area contributed by atoms with E-state index in [1.165, 1.54) is 0 Å². The van der Waals surface area contributed by atoms with Crippen LogP contribution in [0.15, 0.2) is 95.5 Å². The third-order valence-electron chi connectivity index (χ3n) is 5.53. The molecule has 36 heavy (non-hydrogen) atoms. The Labute approximate surface area is 207 Å². The Balaban J connectivity index is 1.23. The standard InChI is InChI=1S/C28H22N4O4/c1-19-25(29-28(36-19)21-8-4-2-5-9-21)18-35-24-14-12-20(13-15-24)27(34)30-26-22(17-33)16-32(31-26)23-10-6-3-7-11-23/h2-17H,18H2,1H3,(H,30,31,34). The number of nitrogens with zero attached hydrogens (tertiary/aromatic N) is 3. The highest BCUT2D eigenvalue weighted by Gasteiger charge is 2.15. The Morgan fingerprint density at radius 1 is 1.00 bits per heavy atom. The molecule has 1 amide bonds. The minimum atomic E-state index is -0.386. The van der Waals surface area contributed by atoms with Gasteiger partial charge in [0.05, 0.1) is 11.3 Å². The Hall–Kier alpha value is -4.98. The fourth-order valence-corrected chi connectivity index (χ4v) is 3.58. The molecule has 5 aromatic rings. The van der Waals surface area contributed by atoms with Crippen molar-refractivity contribution in [2.75, 3.05) is 5.32 Å². The van der Waals surface area contributed by atoms with Gasteiger partial charge in [-0.3, -0.25) is 9.59 Å². The van der Waals surface area contributed by atoms with Crippen molar-refractivity contribution in [3.8, 4) is 22.9 Å². The number of amides is 1. The van der Waals surface area contributed by atoms with Gasteiger partial charge in [0.25, 0.3) is 5.91 Å². The number of aryl methyl sites for hydroxylation is 1. The maximum atomic E-state index is 12.8. The lowest BCUT2D eigenvalue weighted by Gasteiger charge is -2.07. The molecule has 0 radical (unpaired) electrons. The number of ether oxygens (including phenoxy) is 1. The number of carbonyl (C=O) groups excluding carboxylic acids is 2. The number of nitrogens with one attached hydrogen (secondary N) is 1. The molecule has 8 heteroatoms. The number of aromatic nitrogens is 3. The van der Waals surface area contributed by atoms with Crippen LogP contribution in [0.5, 0.6) is 5.75 Å². The average Bonchev–Trinajstić information content (AvgIpc) is 3.51. The third-order valence-corrected chi connectivity index (χ3v) is 5.53. The zero-order valence-corrected chi connectivity index (χ0v) is 19.4. The maximum Gasteiger partial charge on any atom is 0.256 e. The topological polar surface area (TPSA) is 99.2 Å². The quantitative estimate of drug-likeness (QED) is 0.297. The Morgan fingerprint density at radius 2 is 1.69 bits per heavy atom. The van der Waals surface area contributed by atoms with E-state index in [9.17, 15) is 9.59 Å². The Kier molecular flexibility index (Phi) is 6.40. The van der Waals surface area contributed by atoms with E-state index >= 15 is 0 Å². The predicted molar refractivity (Wildman–Crippen MR) is 134 cm³/mol. The van der Waals surface area contributed by atoms with Crippen LogP contribution in [0.4, 0.5) is 5.82 Å². The lowest BCUT2D eigenvalue weighted by Crippen LogP contribution is -2.13. The van der Waals surface area contributed by atoms with E-state index in [-0.39, 0.29) is 23.9 Å². The van der Waals surface area contributed by atoms with E-state index in [4.69, 9.17) is 9.15 Å². The van der Waals surface area contributed by atoms with Crippen molar-refractivity contribution in [2.24, 2.45) is 0 Å². The molecule has 0 unspecified atom stereocenters. The number of rotatable bonds is 8. The predicted octanol–water partition coefficient (Wildman–Crippen LogP) is 5.48. The van der Waals surface area contributed by atoms with E-state index in [0.717, 1.165) is 11.3 Å². The van der Waals surface area contributed by atoms with Crippen LogP contribution in [0.3, 0.4) is 0 Å². The molecule has 5 rings (SSSR count). The average molecular weight is 479 g/mol.